The summed E-state index contributed by atoms with van der Waals surface area (Å²) in [5, 5.41) is 2.70. The Hall–Kier alpha value is -0.910. The molecule has 0 aliphatic heterocycles. The first-order valence-corrected chi connectivity index (χ1v) is 7.50. The van der Waals surface area contributed by atoms with E-state index in [0.717, 1.165) is 37.7 Å². The summed E-state index contributed by atoms with van der Waals surface area (Å²) in [6, 6.07) is 0. The molecule has 1 atom stereocenters. The highest BCUT2D eigenvalue weighted by molar-refractivity contribution is 7.11. The van der Waals surface area contributed by atoms with Crippen molar-refractivity contribution in [2.24, 2.45) is 0 Å². The first-order valence-electron chi connectivity index (χ1n) is 6.62. The standard InChI is InChI=1S/C14H25N3OS/c1-5-6-7-13(18-14-15-8-11-19-14)12-17(4)10-9-16(2)3/h5,8,11,13H,1,6-7,9-10,12H2,2-4H3/t13-/m0/s1. The van der Waals surface area contributed by atoms with Crippen LogP contribution in [0.4, 0.5) is 0 Å². The molecule has 108 valence electrons. The average Bonchev–Trinajstić information content (AvgIpc) is 2.86. The first-order chi connectivity index (χ1) is 9.11. The number of hydrogen-bond donors (Lipinski definition) is 0. The number of allylic oxidation sites excluding steroid dienone is 1. The van der Waals surface area contributed by atoms with Gasteiger partial charge in [0.1, 0.15) is 6.10 Å². The van der Waals surface area contributed by atoms with Crippen molar-refractivity contribution in [2.45, 2.75) is 18.9 Å². The van der Waals surface area contributed by atoms with E-state index < -0.39 is 0 Å². The second-order valence-corrected chi connectivity index (χ2v) is 5.83. The van der Waals surface area contributed by atoms with Crippen LogP contribution in [0.25, 0.3) is 0 Å². The molecule has 0 fully saturated rings. The van der Waals surface area contributed by atoms with Crippen LogP contribution in [0.3, 0.4) is 0 Å². The molecule has 0 bridgehead atoms. The Bertz CT molecular complexity index is 340. The van der Waals surface area contributed by atoms with E-state index in [1.807, 2.05) is 11.5 Å². The van der Waals surface area contributed by atoms with Crippen LogP contribution in [-0.2, 0) is 0 Å². The fourth-order valence-electron chi connectivity index (χ4n) is 1.71. The molecular weight excluding hydrogens is 258 g/mol. The van der Waals surface area contributed by atoms with Gasteiger partial charge >= 0.3 is 0 Å². The monoisotopic (exact) mass is 283 g/mol. The average molecular weight is 283 g/mol. The molecule has 5 heteroatoms. The van der Waals surface area contributed by atoms with E-state index in [4.69, 9.17) is 4.74 Å². The van der Waals surface area contributed by atoms with Crippen molar-refractivity contribution in [3.8, 4) is 5.19 Å². The van der Waals surface area contributed by atoms with Gasteiger partial charge in [-0.25, -0.2) is 4.98 Å². The molecule has 0 spiro atoms. The third kappa shape index (κ3) is 7.30. The Balaban J connectivity index is 2.41. The van der Waals surface area contributed by atoms with Gasteiger partial charge in [-0.15, -0.1) is 6.58 Å². The molecule has 0 aromatic carbocycles. The summed E-state index contributed by atoms with van der Waals surface area (Å²) in [5.74, 6) is 0. The summed E-state index contributed by atoms with van der Waals surface area (Å²) < 4.78 is 5.94. The summed E-state index contributed by atoms with van der Waals surface area (Å²) >= 11 is 1.54. The highest BCUT2D eigenvalue weighted by Gasteiger charge is 2.14. The maximum Gasteiger partial charge on any atom is 0.273 e. The van der Waals surface area contributed by atoms with E-state index in [-0.39, 0.29) is 6.10 Å². The maximum absolute atomic E-state index is 5.94. The summed E-state index contributed by atoms with van der Waals surface area (Å²) in [6.45, 7) is 6.80. The van der Waals surface area contributed by atoms with Crippen molar-refractivity contribution in [3.63, 3.8) is 0 Å². The zero-order valence-corrected chi connectivity index (χ0v) is 13.0. The number of hydrogen-bond acceptors (Lipinski definition) is 5. The summed E-state index contributed by atoms with van der Waals surface area (Å²) in [6.07, 6.45) is 5.85. The van der Waals surface area contributed by atoms with Crippen LogP contribution in [0.5, 0.6) is 5.19 Å². The molecule has 0 radical (unpaired) electrons. The molecule has 1 heterocycles. The molecule has 1 aromatic heterocycles. The molecule has 0 unspecified atom stereocenters. The van der Waals surface area contributed by atoms with E-state index in [1.165, 1.54) is 0 Å². The van der Waals surface area contributed by atoms with Crippen molar-refractivity contribution in [1.82, 2.24) is 14.8 Å². The quantitative estimate of drug-likeness (QED) is 0.616. The molecule has 0 aliphatic carbocycles. The normalized spacial score (nSPS) is 12.9. The zero-order chi connectivity index (χ0) is 14.1. The Morgan fingerprint density at radius 2 is 2.21 bits per heavy atom. The molecule has 0 N–H and O–H groups in total. The van der Waals surface area contributed by atoms with Crippen molar-refractivity contribution in [1.29, 1.82) is 0 Å². The summed E-state index contributed by atoms with van der Waals surface area (Å²) in [7, 11) is 6.32. The van der Waals surface area contributed by atoms with E-state index in [2.05, 4.69) is 42.5 Å². The van der Waals surface area contributed by atoms with Gasteiger partial charge in [0.2, 0.25) is 0 Å². The largest absolute Gasteiger partial charge is 0.465 e. The van der Waals surface area contributed by atoms with Crippen LogP contribution in [0.15, 0.2) is 24.2 Å². The minimum absolute atomic E-state index is 0.177. The van der Waals surface area contributed by atoms with Gasteiger partial charge in [-0.2, -0.15) is 0 Å². The minimum Gasteiger partial charge on any atom is -0.465 e. The molecule has 0 aliphatic rings. The lowest BCUT2D eigenvalue weighted by atomic mass is 10.2. The van der Waals surface area contributed by atoms with Gasteiger partial charge in [-0.3, -0.25) is 0 Å². The lowest BCUT2D eigenvalue weighted by Crippen LogP contribution is -2.36. The number of nitrogens with zero attached hydrogens (tertiary/aromatic N) is 3. The molecule has 0 saturated heterocycles. The smallest absolute Gasteiger partial charge is 0.273 e. The van der Waals surface area contributed by atoms with E-state index >= 15 is 0 Å². The van der Waals surface area contributed by atoms with Gasteiger partial charge in [0.15, 0.2) is 0 Å². The summed E-state index contributed by atoms with van der Waals surface area (Å²) in [4.78, 5) is 8.69. The number of ether oxygens (including phenoxy) is 1. The van der Waals surface area contributed by atoms with Crippen LogP contribution in [0.1, 0.15) is 12.8 Å². The lowest BCUT2D eigenvalue weighted by Gasteiger charge is -2.24. The topological polar surface area (TPSA) is 28.6 Å². The third-order valence-corrected chi connectivity index (χ3v) is 3.48. The van der Waals surface area contributed by atoms with Crippen molar-refractivity contribution >= 4 is 11.3 Å². The number of rotatable bonds is 10. The van der Waals surface area contributed by atoms with Gasteiger partial charge < -0.3 is 14.5 Å². The molecular formula is C14H25N3OS. The molecule has 4 nitrogen and oxygen atoms in total. The van der Waals surface area contributed by atoms with Crippen molar-refractivity contribution < 1.29 is 4.74 Å². The number of aromatic nitrogens is 1. The SMILES string of the molecule is C=CCC[C@@H](CN(C)CCN(C)C)Oc1nccs1. The Morgan fingerprint density at radius 3 is 2.79 bits per heavy atom. The Labute approximate surface area is 120 Å². The lowest BCUT2D eigenvalue weighted by molar-refractivity contribution is 0.135. The first kappa shape index (κ1) is 16.1. The van der Waals surface area contributed by atoms with Gasteiger partial charge in [0.05, 0.1) is 0 Å². The van der Waals surface area contributed by atoms with Gasteiger partial charge in [-0.05, 0) is 34.0 Å². The van der Waals surface area contributed by atoms with Gasteiger partial charge in [-0.1, -0.05) is 17.4 Å². The number of thiazole rings is 1. The Kier molecular flexibility index (Phi) is 7.70. The second kappa shape index (κ2) is 9.07. The van der Waals surface area contributed by atoms with Crippen molar-refractivity contribution in [2.75, 3.05) is 40.8 Å². The Morgan fingerprint density at radius 1 is 1.42 bits per heavy atom. The predicted octanol–water partition coefficient (Wildman–Crippen LogP) is 2.35. The second-order valence-electron chi connectivity index (χ2n) is 4.97. The van der Waals surface area contributed by atoms with Gasteiger partial charge in [0, 0.05) is 31.2 Å². The fourth-order valence-corrected chi connectivity index (χ4v) is 2.26. The molecule has 0 saturated carbocycles. The van der Waals surface area contributed by atoms with Crippen LogP contribution in [0, 0.1) is 0 Å². The third-order valence-electron chi connectivity index (χ3n) is 2.81. The zero-order valence-electron chi connectivity index (χ0n) is 12.2. The van der Waals surface area contributed by atoms with Crippen LogP contribution in [0.2, 0.25) is 0 Å². The van der Waals surface area contributed by atoms with E-state index in [1.54, 1.807) is 17.5 Å². The van der Waals surface area contributed by atoms with Crippen molar-refractivity contribution in [3.05, 3.63) is 24.2 Å². The predicted molar refractivity (Wildman–Crippen MR) is 82.0 cm³/mol. The van der Waals surface area contributed by atoms with E-state index in [9.17, 15) is 0 Å². The molecule has 0 amide bonds. The summed E-state index contributed by atoms with van der Waals surface area (Å²) in [5.41, 5.74) is 0. The molecule has 1 aromatic rings. The molecule has 19 heavy (non-hydrogen) atoms. The minimum atomic E-state index is 0.177. The van der Waals surface area contributed by atoms with Crippen LogP contribution < -0.4 is 4.74 Å². The van der Waals surface area contributed by atoms with E-state index in [0.29, 0.717) is 0 Å². The van der Waals surface area contributed by atoms with Gasteiger partial charge in [0.25, 0.3) is 5.19 Å². The number of likely N-dealkylation sites (N-methyl/N-ethyl adjacent to an activating group) is 2. The fraction of sp³-hybridized carbons (Fsp3) is 0.643. The maximum atomic E-state index is 5.94. The highest BCUT2D eigenvalue weighted by atomic mass is 32.1. The highest BCUT2D eigenvalue weighted by Crippen LogP contribution is 2.17. The molecule has 1 rings (SSSR count). The van der Waals surface area contributed by atoms with Crippen LogP contribution >= 0.6 is 11.3 Å². The van der Waals surface area contributed by atoms with Crippen LogP contribution in [-0.4, -0.2) is 61.7 Å².